The number of amides is 2. The topological polar surface area (TPSA) is 96.9 Å². The Morgan fingerprint density at radius 2 is 2.08 bits per heavy atom. The van der Waals surface area contributed by atoms with E-state index in [1.807, 2.05) is 25.1 Å². The minimum Gasteiger partial charge on any atom is -0.326 e. The van der Waals surface area contributed by atoms with E-state index in [-0.39, 0.29) is 18.0 Å². The van der Waals surface area contributed by atoms with E-state index in [0.29, 0.717) is 10.8 Å². The van der Waals surface area contributed by atoms with E-state index < -0.39 is 5.91 Å². The molecule has 0 atom stereocenters. The summed E-state index contributed by atoms with van der Waals surface area (Å²) in [5.41, 5.74) is 2.50. The number of aryl methyl sites for hydroxylation is 1. The molecular weight excluding hydrogens is 418 g/mol. The Morgan fingerprint density at radius 1 is 1.23 bits per heavy atom. The lowest BCUT2D eigenvalue weighted by Gasteiger charge is -2.08. The van der Waals surface area contributed by atoms with Crippen molar-refractivity contribution in [3.05, 3.63) is 63.6 Å². The first-order valence-corrected chi connectivity index (χ1v) is 9.26. The van der Waals surface area contributed by atoms with Gasteiger partial charge in [-0.2, -0.15) is 0 Å². The van der Waals surface area contributed by atoms with Gasteiger partial charge in [0.05, 0.1) is 18.3 Å². The van der Waals surface area contributed by atoms with Gasteiger partial charge in [-0.3, -0.25) is 19.9 Å². The van der Waals surface area contributed by atoms with Crippen LogP contribution in [0.1, 0.15) is 21.7 Å². The Balaban J connectivity index is 1.59. The van der Waals surface area contributed by atoms with E-state index >= 15 is 0 Å². The maximum absolute atomic E-state index is 12.2. The van der Waals surface area contributed by atoms with Gasteiger partial charge in [-0.05, 0) is 30.7 Å². The lowest BCUT2D eigenvalue weighted by Crippen LogP contribution is -2.16. The molecule has 2 amide bonds. The molecule has 0 aliphatic carbocycles. The molecule has 0 spiro atoms. The number of nitrogens with one attached hydrogen (secondary N) is 2. The van der Waals surface area contributed by atoms with Crippen molar-refractivity contribution in [1.29, 1.82) is 0 Å². The zero-order chi connectivity index (χ0) is 18.5. The molecule has 2 heterocycles. The van der Waals surface area contributed by atoms with Crippen molar-refractivity contribution in [3.8, 4) is 0 Å². The fraction of sp³-hybridized carbons (Fsp3) is 0.118. The van der Waals surface area contributed by atoms with E-state index in [4.69, 9.17) is 0 Å². The van der Waals surface area contributed by atoms with Gasteiger partial charge in [0.15, 0.2) is 5.13 Å². The van der Waals surface area contributed by atoms with E-state index in [0.717, 1.165) is 15.7 Å². The molecule has 0 saturated heterocycles. The second-order valence-electron chi connectivity index (χ2n) is 5.37. The van der Waals surface area contributed by atoms with Gasteiger partial charge in [0.1, 0.15) is 5.69 Å². The number of halogens is 1. The van der Waals surface area contributed by atoms with Crippen molar-refractivity contribution < 1.29 is 9.59 Å². The maximum Gasteiger partial charge on any atom is 0.277 e. The van der Waals surface area contributed by atoms with E-state index in [1.54, 1.807) is 5.38 Å². The van der Waals surface area contributed by atoms with Crippen LogP contribution in [0.3, 0.4) is 0 Å². The van der Waals surface area contributed by atoms with E-state index in [1.165, 1.54) is 29.9 Å². The summed E-state index contributed by atoms with van der Waals surface area (Å²) in [6, 6.07) is 5.63. The van der Waals surface area contributed by atoms with E-state index in [9.17, 15) is 9.59 Å². The van der Waals surface area contributed by atoms with Crippen LogP contribution in [0, 0.1) is 6.92 Å². The van der Waals surface area contributed by atoms with Gasteiger partial charge in [0.25, 0.3) is 5.91 Å². The van der Waals surface area contributed by atoms with Crippen molar-refractivity contribution in [2.75, 3.05) is 10.6 Å². The number of benzene rings is 1. The number of carbonyl (C=O) groups excluding carboxylic acids is 2. The Bertz CT molecular complexity index is 945. The maximum atomic E-state index is 12.2. The first-order chi connectivity index (χ1) is 12.5. The molecule has 0 radical (unpaired) electrons. The van der Waals surface area contributed by atoms with E-state index in [2.05, 4.69) is 41.5 Å². The molecule has 132 valence electrons. The molecule has 0 aliphatic heterocycles. The lowest BCUT2D eigenvalue weighted by molar-refractivity contribution is -0.115. The first kappa shape index (κ1) is 18.2. The molecule has 0 aliphatic rings. The summed E-state index contributed by atoms with van der Waals surface area (Å²) in [7, 11) is 0. The van der Waals surface area contributed by atoms with Gasteiger partial charge in [-0.25, -0.2) is 9.97 Å². The third-order valence-corrected chi connectivity index (χ3v) is 4.67. The zero-order valence-corrected chi connectivity index (χ0v) is 16.1. The van der Waals surface area contributed by atoms with Crippen LogP contribution in [0.4, 0.5) is 10.8 Å². The van der Waals surface area contributed by atoms with Crippen LogP contribution in [0.15, 0.2) is 46.6 Å². The molecule has 26 heavy (non-hydrogen) atoms. The number of rotatable bonds is 5. The average molecular weight is 432 g/mol. The van der Waals surface area contributed by atoms with Crippen LogP contribution >= 0.6 is 27.3 Å². The molecule has 7 nitrogen and oxygen atoms in total. The SMILES string of the molecule is Cc1cc(Br)ccc1NC(=O)Cc1csc(NC(=O)c2cnccn2)n1. The molecule has 0 fully saturated rings. The van der Waals surface area contributed by atoms with Crippen LogP contribution in [0.5, 0.6) is 0 Å². The monoisotopic (exact) mass is 431 g/mol. The third kappa shape index (κ3) is 4.70. The van der Waals surface area contributed by atoms with Crippen molar-refractivity contribution in [2.45, 2.75) is 13.3 Å². The van der Waals surface area contributed by atoms with Gasteiger partial charge in [-0.15, -0.1) is 11.3 Å². The Hall–Kier alpha value is -2.65. The third-order valence-electron chi connectivity index (χ3n) is 3.37. The van der Waals surface area contributed by atoms with Gasteiger partial charge in [0.2, 0.25) is 5.91 Å². The Kier molecular flexibility index (Phi) is 5.69. The average Bonchev–Trinajstić information content (AvgIpc) is 3.05. The number of aromatic nitrogens is 3. The number of nitrogens with zero attached hydrogens (tertiary/aromatic N) is 3. The zero-order valence-electron chi connectivity index (χ0n) is 13.7. The predicted octanol–water partition coefficient (Wildman–Crippen LogP) is 3.44. The number of hydrogen-bond acceptors (Lipinski definition) is 6. The number of thiazole rings is 1. The first-order valence-electron chi connectivity index (χ1n) is 7.59. The minimum atomic E-state index is -0.395. The normalized spacial score (nSPS) is 10.4. The van der Waals surface area contributed by atoms with Gasteiger partial charge in [0, 0.05) is 27.9 Å². The highest BCUT2D eigenvalue weighted by atomic mass is 79.9. The van der Waals surface area contributed by atoms with Crippen molar-refractivity contribution in [1.82, 2.24) is 15.0 Å². The minimum absolute atomic E-state index is 0.118. The Labute approximate surface area is 162 Å². The highest BCUT2D eigenvalue weighted by molar-refractivity contribution is 9.10. The van der Waals surface area contributed by atoms with Crippen LogP contribution in [-0.2, 0) is 11.2 Å². The van der Waals surface area contributed by atoms with Crippen molar-refractivity contribution in [2.24, 2.45) is 0 Å². The number of anilines is 2. The summed E-state index contributed by atoms with van der Waals surface area (Å²) in [4.78, 5) is 36.3. The quantitative estimate of drug-likeness (QED) is 0.644. The number of carbonyl (C=O) groups is 2. The summed E-state index contributed by atoms with van der Waals surface area (Å²) in [6.45, 7) is 1.92. The van der Waals surface area contributed by atoms with Crippen molar-refractivity contribution >= 4 is 49.9 Å². The Morgan fingerprint density at radius 3 is 2.81 bits per heavy atom. The summed E-state index contributed by atoms with van der Waals surface area (Å²) < 4.78 is 0.955. The molecule has 9 heteroatoms. The van der Waals surface area contributed by atoms with Crippen LogP contribution in [0.2, 0.25) is 0 Å². The molecular formula is C17H14BrN5O2S. The molecule has 3 rings (SSSR count). The summed E-state index contributed by atoms with van der Waals surface area (Å²) in [5, 5.41) is 7.65. The second kappa shape index (κ2) is 8.15. The highest BCUT2D eigenvalue weighted by Crippen LogP contribution is 2.21. The largest absolute Gasteiger partial charge is 0.326 e. The summed E-state index contributed by atoms with van der Waals surface area (Å²) in [5.74, 6) is -0.568. The lowest BCUT2D eigenvalue weighted by atomic mass is 10.2. The molecule has 2 aromatic heterocycles. The summed E-state index contributed by atoms with van der Waals surface area (Å²) in [6.07, 6.45) is 4.42. The molecule has 1 aromatic carbocycles. The van der Waals surface area contributed by atoms with Gasteiger partial charge >= 0.3 is 0 Å². The fourth-order valence-corrected chi connectivity index (χ4v) is 3.33. The predicted molar refractivity (Wildman–Crippen MR) is 103 cm³/mol. The smallest absolute Gasteiger partial charge is 0.277 e. The highest BCUT2D eigenvalue weighted by Gasteiger charge is 2.13. The fourth-order valence-electron chi connectivity index (χ4n) is 2.15. The van der Waals surface area contributed by atoms with Gasteiger partial charge in [-0.1, -0.05) is 15.9 Å². The molecule has 0 unspecified atom stereocenters. The molecule has 2 N–H and O–H groups in total. The standard InChI is InChI=1S/C17H14BrN5O2S/c1-10-6-11(18)2-3-13(10)22-15(24)7-12-9-26-17(21-12)23-16(25)14-8-19-4-5-20-14/h2-6,8-9H,7H2,1H3,(H,22,24)(H,21,23,25). The molecule has 0 bridgehead atoms. The van der Waals surface area contributed by atoms with Crippen LogP contribution in [0.25, 0.3) is 0 Å². The van der Waals surface area contributed by atoms with Crippen LogP contribution in [-0.4, -0.2) is 26.8 Å². The number of hydrogen-bond donors (Lipinski definition) is 2. The summed E-state index contributed by atoms with van der Waals surface area (Å²) >= 11 is 4.64. The molecule has 3 aromatic rings. The second-order valence-corrected chi connectivity index (χ2v) is 7.15. The molecule has 0 saturated carbocycles. The van der Waals surface area contributed by atoms with Gasteiger partial charge < -0.3 is 5.32 Å². The van der Waals surface area contributed by atoms with Crippen LogP contribution < -0.4 is 10.6 Å². The van der Waals surface area contributed by atoms with Crippen molar-refractivity contribution in [3.63, 3.8) is 0 Å².